The Labute approximate surface area is 165 Å². The molecule has 3 heterocycles. The number of nitrogen functional groups attached to an aromatic ring is 1. The van der Waals surface area contributed by atoms with Crippen LogP contribution in [0.5, 0.6) is 0 Å². The number of anilines is 1. The first kappa shape index (κ1) is 18.9. The van der Waals surface area contributed by atoms with E-state index in [0.717, 1.165) is 17.4 Å². The molecular weight excluding hydrogens is 407 g/mol. The number of rotatable bonds is 3. The van der Waals surface area contributed by atoms with Crippen LogP contribution in [0.4, 0.5) is 24.7 Å². The highest BCUT2D eigenvalue weighted by Gasteiger charge is 2.33. The smallest absolute Gasteiger partial charge is 0.433 e. The number of aromatic nitrogens is 3. The van der Waals surface area contributed by atoms with Gasteiger partial charge >= 0.3 is 12.1 Å². The van der Waals surface area contributed by atoms with Gasteiger partial charge in [0.1, 0.15) is 10.5 Å². The van der Waals surface area contributed by atoms with Crippen LogP contribution in [-0.2, 0) is 6.18 Å². The van der Waals surface area contributed by atoms with Gasteiger partial charge in [0.05, 0.1) is 10.6 Å². The maximum absolute atomic E-state index is 13.0. The maximum Gasteiger partial charge on any atom is 0.433 e. The summed E-state index contributed by atoms with van der Waals surface area (Å²) in [5.74, 6) is -0.828. The van der Waals surface area contributed by atoms with Crippen molar-refractivity contribution in [2.45, 2.75) is 13.1 Å². The molecule has 0 aliphatic carbocycles. The number of aliphatic imine (C=N–C) groups is 1. The number of thiophene rings is 1. The highest BCUT2D eigenvalue weighted by atomic mass is 32.1. The zero-order chi connectivity index (χ0) is 20.8. The van der Waals surface area contributed by atoms with Gasteiger partial charge in [-0.15, -0.1) is 11.3 Å². The molecule has 0 radical (unpaired) electrons. The molecule has 7 nitrogen and oxygen atoms in total. The first-order valence-electron chi connectivity index (χ1n) is 8.21. The lowest BCUT2D eigenvalue weighted by Gasteiger charge is -2.08. The van der Waals surface area contributed by atoms with Gasteiger partial charge in [0.25, 0.3) is 6.20 Å². The number of halogens is 3. The largest absolute Gasteiger partial charge is 0.857 e. The standard InChI is InChI=1S/C18H12F3N5O2S/c1-9-7-11(18(19,20)21)23-17-13(9)14(22)15(29-17)16(27)24-12-8-26(25-28-12)10-5-3-2-4-6-10/h2-8H,1H3,(H2-,22,24,25,27). The van der Waals surface area contributed by atoms with E-state index < -0.39 is 17.8 Å². The van der Waals surface area contributed by atoms with E-state index in [1.807, 2.05) is 6.07 Å². The molecule has 0 aliphatic rings. The number of para-hydroxylation sites is 1. The zero-order valence-corrected chi connectivity index (χ0v) is 15.6. The normalized spacial score (nSPS) is 12.6. The summed E-state index contributed by atoms with van der Waals surface area (Å²) in [5, 5.41) is 16.6. The monoisotopic (exact) mass is 419 g/mol. The summed E-state index contributed by atoms with van der Waals surface area (Å²) in [5.41, 5.74) is 5.97. The molecule has 0 atom stereocenters. The molecule has 29 heavy (non-hydrogen) atoms. The van der Waals surface area contributed by atoms with Gasteiger partial charge in [-0.2, -0.15) is 13.2 Å². The Morgan fingerprint density at radius 3 is 2.69 bits per heavy atom. The fourth-order valence-corrected chi connectivity index (χ4v) is 3.81. The van der Waals surface area contributed by atoms with Gasteiger partial charge < -0.3 is 10.8 Å². The molecule has 1 aromatic carbocycles. The van der Waals surface area contributed by atoms with Crippen molar-refractivity contribution in [1.82, 2.24) is 10.3 Å². The number of aryl methyl sites for hydroxylation is 1. The average molecular weight is 419 g/mol. The SMILES string of the molecule is Cc1cc(C(F)(F)F)nc2sc(/C([O-])=N/c3c[n+](-c4ccccc4)no3)c(N)c12. The number of benzene rings is 1. The minimum absolute atomic E-state index is 0.0161. The summed E-state index contributed by atoms with van der Waals surface area (Å²) in [6.45, 7) is 1.48. The minimum Gasteiger partial charge on any atom is -0.857 e. The number of hydrogen-bond donors (Lipinski definition) is 1. The Balaban J connectivity index is 1.74. The fraction of sp³-hybridized carbons (Fsp3) is 0.111. The summed E-state index contributed by atoms with van der Waals surface area (Å²) in [6, 6.07) is 9.91. The van der Waals surface area contributed by atoms with Gasteiger partial charge in [-0.1, -0.05) is 18.2 Å². The second kappa shape index (κ2) is 6.85. The molecule has 0 bridgehead atoms. The molecule has 148 valence electrons. The maximum atomic E-state index is 13.0. The first-order chi connectivity index (χ1) is 13.7. The van der Waals surface area contributed by atoms with Crippen LogP contribution in [0.1, 0.15) is 16.1 Å². The van der Waals surface area contributed by atoms with Crippen molar-refractivity contribution >= 4 is 39.0 Å². The summed E-state index contributed by atoms with van der Waals surface area (Å²) >= 11 is 0.751. The lowest BCUT2D eigenvalue weighted by molar-refractivity contribution is -0.670. The Morgan fingerprint density at radius 1 is 1.28 bits per heavy atom. The Kier molecular flexibility index (Phi) is 4.46. The van der Waals surface area contributed by atoms with Crippen molar-refractivity contribution in [3.05, 3.63) is 58.7 Å². The molecule has 11 heteroatoms. The van der Waals surface area contributed by atoms with E-state index in [9.17, 15) is 18.3 Å². The lowest BCUT2D eigenvalue weighted by atomic mass is 10.1. The number of nitrogens with zero attached hydrogens (tertiary/aromatic N) is 4. The predicted molar refractivity (Wildman–Crippen MR) is 98.0 cm³/mol. The van der Waals surface area contributed by atoms with Crippen molar-refractivity contribution in [3.63, 3.8) is 0 Å². The first-order valence-corrected chi connectivity index (χ1v) is 9.02. The van der Waals surface area contributed by atoms with E-state index in [0.29, 0.717) is 11.1 Å². The zero-order valence-electron chi connectivity index (χ0n) is 14.8. The lowest BCUT2D eigenvalue weighted by Crippen LogP contribution is -2.30. The minimum atomic E-state index is -4.60. The van der Waals surface area contributed by atoms with Crippen LogP contribution in [0.25, 0.3) is 15.9 Å². The fourth-order valence-electron chi connectivity index (χ4n) is 2.75. The van der Waals surface area contributed by atoms with Crippen molar-refractivity contribution in [3.8, 4) is 5.69 Å². The molecule has 0 aliphatic heterocycles. The van der Waals surface area contributed by atoms with Crippen LogP contribution in [0.3, 0.4) is 0 Å². The topological polar surface area (TPSA) is 104 Å². The van der Waals surface area contributed by atoms with Crippen molar-refractivity contribution in [2.75, 3.05) is 5.73 Å². The van der Waals surface area contributed by atoms with E-state index in [-0.39, 0.29) is 26.8 Å². The highest BCUT2D eigenvalue weighted by Crippen LogP contribution is 2.38. The van der Waals surface area contributed by atoms with E-state index in [4.69, 9.17) is 10.3 Å². The van der Waals surface area contributed by atoms with Gasteiger partial charge in [-0.25, -0.2) is 9.98 Å². The molecule has 0 saturated heterocycles. The highest BCUT2D eigenvalue weighted by molar-refractivity contribution is 7.21. The summed E-state index contributed by atoms with van der Waals surface area (Å²) in [6.07, 6.45) is -3.20. The molecule has 4 aromatic rings. The molecule has 2 N–H and O–H groups in total. The molecular formula is C18H12F3N5O2S. The van der Waals surface area contributed by atoms with Crippen LogP contribution in [0, 0.1) is 6.92 Å². The predicted octanol–water partition coefficient (Wildman–Crippen LogP) is 2.91. The summed E-state index contributed by atoms with van der Waals surface area (Å²) < 4.78 is 45.4. The van der Waals surface area contributed by atoms with Gasteiger partial charge in [-0.05, 0) is 23.2 Å². The van der Waals surface area contributed by atoms with Crippen molar-refractivity contribution < 1.29 is 27.5 Å². The van der Waals surface area contributed by atoms with Gasteiger partial charge in [0, 0.05) is 23.4 Å². The summed E-state index contributed by atoms with van der Waals surface area (Å²) in [4.78, 5) is 7.43. The Bertz CT molecular complexity index is 1230. The molecule has 0 fully saturated rings. The summed E-state index contributed by atoms with van der Waals surface area (Å²) in [7, 11) is 0. The quantitative estimate of drug-likeness (QED) is 0.312. The van der Waals surface area contributed by atoms with Crippen LogP contribution in [-0.4, -0.2) is 16.2 Å². The molecule has 0 amide bonds. The van der Waals surface area contributed by atoms with Crippen LogP contribution >= 0.6 is 11.3 Å². The van der Waals surface area contributed by atoms with E-state index in [2.05, 4.69) is 15.2 Å². The number of fused-ring (bicyclic) bond motifs is 1. The average Bonchev–Trinajstić information content (AvgIpc) is 3.26. The molecule has 0 saturated carbocycles. The third-order valence-electron chi connectivity index (χ3n) is 4.07. The van der Waals surface area contributed by atoms with Gasteiger partial charge in [0.15, 0.2) is 0 Å². The molecule has 0 spiro atoms. The number of alkyl halides is 3. The molecule has 3 aromatic heterocycles. The second-order valence-corrected chi connectivity index (χ2v) is 7.08. The van der Waals surface area contributed by atoms with Crippen LogP contribution < -0.4 is 15.5 Å². The Hall–Kier alpha value is -3.47. The third kappa shape index (κ3) is 3.51. The Morgan fingerprint density at radius 2 is 2.00 bits per heavy atom. The second-order valence-electron chi connectivity index (χ2n) is 6.08. The molecule has 4 rings (SSSR count). The van der Waals surface area contributed by atoms with Crippen molar-refractivity contribution in [2.24, 2.45) is 4.99 Å². The van der Waals surface area contributed by atoms with E-state index >= 15 is 0 Å². The number of hydrogen-bond acceptors (Lipinski definition) is 7. The van der Waals surface area contributed by atoms with E-state index in [1.54, 1.807) is 24.3 Å². The van der Waals surface area contributed by atoms with Crippen LogP contribution in [0.2, 0.25) is 0 Å². The van der Waals surface area contributed by atoms with Gasteiger partial charge in [-0.3, -0.25) is 4.52 Å². The third-order valence-corrected chi connectivity index (χ3v) is 5.16. The number of pyridine rings is 1. The number of nitrogens with two attached hydrogens (primary N) is 1. The van der Waals surface area contributed by atoms with Crippen molar-refractivity contribution in [1.29, 1.82) is 0 Å². The van der Waals surface area contributed by atoms with Gasteiger partial charge in [0.2, 0.25) is 11.0 Å². The van der Waals surface area contributed by atoms with E-state index in [1.165, 1.54) is 17.8 Å². The van der Waals surface area contributed by atoms with Crippen LogP contribution in [0.15, 0.2) is 52.1 Å². The molecule has 0 unspecified atom stereocenters.